The van der Waals surface area contributed by atoms with Crippen LogP contribution in [0.1, 0.15) is 51.2 Å². The van der Waals surface area contributed by atoms with E-state index in [0.717, 1.165) is 25.5 Å². The van der Waals surface area contributed by atoms with E-state index in [1.165, 1.54) is 37.1 Å². The van der Waals surface area contributed by atoms with Gasteiger partial charge in [0.05, 0.1) is 0 Å². The Labute approximate surface area is 175 Å². The molecule has 7 nitrogen and oxygen atoms in total. The Morgan fingerprint density at radius 3 is 2.28 bits per heavy atom. The Kier molecular flexibility index (Phi) is 9.25. The molecule has 2 rings (SSSR count). The topological polar surface area (TPSA) is 78.0 Å². The lowest BCUT2D eigenvalue weighted by Crippen LogP contribution is -2.39. The second-order valence-electron chi connectivity index (χ2n) is 8.43. The van der Waals surface area contributed by atoms with E-state index in [0.29, 0.717) is 13.1 Å². The van der Waals surface area contributed by atoms with Gasteiger partial charge in [0.1, 0.15) is 5.60 Å². The van der Waals surface area contributed by atoms with Crippen molar-refractivity contribution < 1.29 is 9.53 Å². The van der Waals surface area contributed by atoms with Gasteiger partial charge >= 0.3 is 6.09 Å². The highest BCUT2D eigenvalue weighted by molar-refractivity contribution is 5.79. The highest BCUT2D eigenvalue weighted by Crippen LogP contribution is 2.13. The first-order valence-corrected chi connectivity index (χ1v) is 10.6. The van der Waals surface area contributed by atoms with Crippen molar-refractivity contribution in [1.29, 1.82) is 0 Å². The van der Waals surface area contributed by atoms with Crippen molar-refractivity contribution in [1.82, 2.24) is 20.9 Å². The molecular formula is C22H37N5O2. The Morgan fingerprint density at radius 2 is 1.66 bits per heavy atom. The van der Waals surface area contributed by atoms with E-state index in [-0.39, 0.29) is 6.09 Å². The van der Waals surface area contributed by atoms with Crippen LogP contribution in [0.2, 0.25) is 0 Å². The van der Waals surface area contributed by atoms with Crippen LogP contribution < -0.4 is 16.0 Å². The van der Waals surface area contributed by atoms with Crippen LogP contribution in [-0.2, 0) is 17.8 Å². The lowest BCUT2D eigenvalue weighted by molar-refractivity contribution is 0.0527. The third-order valence-electron chi connectivity index (χ3n) is 4.63. The number of benzene rings is 1. The van der Waals surface area contributed by atoms with E-state index < -0.39 is 5.60 Å². The van der Waals surface area contributed by atoms with Gasteiger partial charge in [-0.25, -0.2) is 4.79 Å². The van der Waals surface area contributed by atoms with E-state index in [1.54, 1.807) is 7.05 Å². The van der Waals surface area contributed by atoms with Crippen LogP contribution in [0.25, 0.3) is 0 Å². The Bertz CT molecular complexity index is 646. The maximum Gasteiger partial charge on any atom is 0.407 e. The number of likely N-dealkylation sites (tertiary alicyclic amines) is 1. The summed E-state index contributed by atoms with van der Waals surface area (Å²) in [5.41, 5.74) is 2.13. The molecule has 0 saturated carbocycles. The van der Waals surface area contributed by atoms with Gasteiger partial charge in [0.25, 0.3) is 0 Å². The van der Waals surface area contributed by atoms with Crippen LogP contribution in [0.5, 0.6) is 0 Å². The van der Waals surface area contributed by atoms with Crippen molar-refractivity contribution in [2.24, 2.45) is 4.99 Å². The number of nitrogens with zero attached hydrogens (tertiary/aromatic N) is 2. The molecule has 1 aromatic rings. The fraction of sp³-hybridized carbons (Fsp3) is 0.636. The fourth-order valence-corrected chi connectivity index (χ4v) is 3.17. The van der Waals surface area contributed by atoms with Gasteiger partial charge < -0.3 is 20.7 Å². The maximum atomic E-state index is 11.6. The second-order valence-corrected chi connectivity index (χ2v) is 8.43. The monoisotopic (exact) mass is 403 g/mol. The van der Waals surface area contributed by atoms with Gasteiger partial charge in [0, 0.05) is 33.2 Å². The van der Waals surface area contributed by atoms with E-state index >= 15 is 0 Å². The summed E-state index contributed by atoms with van der Waals surface area (Å²) in [6, 6.07) is 8.79. The number of carbonyl (C=O) groups excluding carboxylic acids is 1. The number of hydrogen-bond donors (Lipinski definition) is 3. The standard InChI is InChI=1S/C22H37N5O2/c1-22(2,3)29-21(28)25-13-7-12-24-20(23-4)26-16-18-8-10-19(11-9-18)17-27-14-5-6-15-27/h8-11H,5-7,12-17H2,1-4H3,(H,25,28)(H2,23,24,26). The van der Waals surface area contributed by atoms with Crippen molar-refractivity contribution in [3.8, 4) is 0 Å². The molecule has 1 fully saturated rings. The number of aliphatic imine (C=N–C) groups is 1. The molecule has 1 aromatic carbocycles. The first kappa shape index (κ1) is 23.0. The van der Waals surface area contributed by atoms with Crippen LogP contribution in [0.15, 0.2) is 29.3 Å². The highest BCUT2D eigenvalue weighted by Gasteiger charge is 2.15. The molecule has 1 aliphatic heterocycles. The maximum absolute atomic E-state index is 11.6. The quantitative estimate of drug-likeness (QED) is 0.353. The summed E-state index contributed by atoms with van der Waals surface area (Å²) >= 11 is 0. The minimum Gasteiger partial charge on any atom is -0.444 e. The van der Waals surface area contributed by atoms with Crippen LogP contribution in [0, 0.1) is 0 Å². The SMILES string of the molecule is CN=C(NCCCNC(=O)OC(C)(C)C)NCc1ccc(CN2CCCC2)cc1. The van der Waals surface area contributed by atoms with Crippen LogP contribution in [0.3, 0.4) is 0 Å². The molecule has 0 bridgehead atoms. The van der Waals surface area contributed by atoms with Crippen LogP contribution in [0.4, 0.5) is 4.79 Å². The van der Waals surface area contributed by atoms with E-state index in [9.17, 15) is 4.79 Å². The molecule has 29 heavy (non-hydrogen) atoms. The fourth-order valence-electron chi connectivity index (χ4n) is 3.17. The Balaban J connectivity index is 1.61. The minimum absolute atomic E-state index is 0.381. The first-order chi connectivity index (χ1) is 13.9. The van der Waals surface area contributed by atoms with Crippen molar-refractivity contribution in [3.63, 3.8) is 0 Å². The third kappa shape index (κ3) is 9.65. The summed E-state index contributed by atoms with van der Waals surface area (Å²) in [6.07, 6.45) is 3.05. The van der Waals surface area contributed by atoms with Crippen molar-refractivity contribution in [2.45, 2.75) is 58.7 Å². The van der Waals surface area contributed by atoms with Crippen LogP contribution in [-0.4, -0.2) is 55.8 Å². The zero-order valence-corrected chi connectivity index (χ0v) is 18.4. The molecule has 1 saturated heterocycles. The first-order valence-electron chi connectivity index (χ1n) is 10.6. The lowest BCUT2D eigenvalue weighted by atomic mass is 10.1. The molecule has 1 aliphatic rings. The van der Waals surface area contributed by atoms with Gasteiger partial charge in [-0.2, -0.15) is 0 Å². The molecule has 0 unspecified atom stereocenters. The average molecular weight is 404 g/mol. The molecular weight excluding hydrogens is 366 g/mol. The molecule has 7 heteroatoms. The molecule has 1 amide bonds. The van der Waals surface area contributed by atoms with Gasteiger partial charge in [0.2, 0.25) is 0 Å². The van der Waals surface area contributed by atoms with E-state index in [1.807, 2.05) is 20.8 Å². The molecule has 0 spiro atoms. The molecule has 0 aliphatic carbocycles. The van der Waals surface area contributed by atoms with Crippen molar-refractivity contribution >= 4 is 12.1 Å². The van der Waals surface area contributed by atoms with Gasteiger partial charge in [-0.3, -0.25) is 9.89 Å². The van der Waals surface area contributed by atoms with Gasteiger partial charge in [-0.05, 0) is 64.3 Å². The number of ether oxygens (including phenoxy) is 1. The number of guanidine groups is 1. The summed E-state index contributed by atoms with van der Waals surface area (Å²) in [5, 5.41) is 9.34. The Hall–Kier alpha value is -2.28. The Morgan fingerprint density at radius 1 is 1.03 bits per heavy atom. The number of carbonyl (C=O) groups is 1. The summed E-state index contributed by atoms with van der Waals surface area (Å²) in [5.74, 6) is 0.753. The summed E-state index contributed by atoms with van der Waals surface area (Å²) in [4.78, 5) is 18.4. The number of amides is 1. The van der Waals surface area contributed by atoms with Gasteiger partial charge in [-0.1, -0.05) is 24.3 Å². The number of alkyl carbamates (subject to hydrolysis) is 1. The van der Waals surface area contributed by atoms with Crippen molar-refractivity contribution in [2.75, 3.05) is 33.2 Å². The van der Waals surface area contributed by atoms with E-state index in [4.69, 9.17) is 4.74 Å². The molecule has 0 radical (unpaired) electrons. The predicted octanol–water partition coefficient (Wildman–Crippen LogP) is 2.86. The molecule has 1 heterocycles. The zero-order valence-electron chi connectivity index (χ0n) is 18.4. The van der Waals surface area contributed by atoms with E-state index in [2.05, 4.69) is 50.1 Å². The normalized spacial score (nSPS) is 15.2. The largest absolute Gasteiger partial charge is 0.444 e. The summed E-state index contributed by atoms with van der Waals surface area (Å²) < 4.78 is 5.21. The minimum atomic E-state index is -0.472. The third-order valence-corrected chi connectivity index (χ3v) is 4.63. The van der Waals surface area contributed by atoms with Crippen LogP contribution >= 0.6 is 0 Å². The zero-order chi connectivity index (χ0) is 21.1. The molecule has 0 aromatic heterocycles. The van der Waals surface area contributed by atoms with Crippen molar-refractivity contribution in [3.05, 3.63) is 35.4 Å². The summed E-state index contributed by atoms with van der Waals surface area (Å²) in [6.45, 7) is 11.0. The second kappa shape index (κ2) is 11.7. The van der Waals surface area contributed by atoms with Gasteiger partial charge in [-0.15, -0.1) is 0 Å². The average Bonchev–Trinajstić information content (AvgIpc) is 3.17. The molecule has 162 valence electrons. The number of rotatable bonds is 8. The number of nitrogens with one attached hydrogen (secondary N) is 3. The smallest absolute Gasteiger partial charge is 0.407 e. The van der Waals surface area contributed by atoms with Gasteiger partial charge in [0.15, 0.2) is 5.96 Å². The number of hydrogen-bond acceptors (Lipinski definition) is 4. The lowest BCUT2D eigenvalue weighted by Gasteiger charge is -2.19. The molecule has 0 atom stereocenters. The summed E-state index contributed by atoms with van der Waals surface area (Å²) in [7, 11) is 1.76. The predicted molar refractivity (Wildman–Crippen MR) is 118 cm³/mol. The highest BCUT2D eigenvalue weighted by atomic mass is 16.6. The molecule has 3 N–H and O–H groups in total.